The number of aliphatic imine (C=N–C) groups is 1. The molecule has 0 saturated heterocycles. The Labute approximate surface area is 161 Å². The van der Waals surface area contributed by atoms with E-state index < -0.39 is 0 Å². The Bertz CT molecular complexity index is 473. The van der Waals surface area contributed by atoms with Gasteiger partial charge in [0.2, 0.25) is 0 Å². The van der Waals surface area contributed by atoms with Gasteiger partial charge in [-0.2, -0.15) is 0 Å². The molecule has 132 valence electrons. The van der Waals surface area contributed by atoms with Crippen LogP contribution in [-0.2, 0) is 4.74 Å². The highest BCUT2D eigenvalue weighted by Gasteiger charge is 2.01. The molecule has 2 N–H and O–H groups in total. The van der Waals surface area contributed by atoms with Crippen LogP contribution in [0.3, 0.4) is 0 Å². The first-order chi connectivity index (χ1) is 10.7. The molecule has 0 amide bonds. The summed E-state index contributed by atoms with van der Waals surface area (Å²) in [6.07, 6.45) is 0.883. The molecular formula is C16H27ClIN3O2. The molecule has 0 unspecified atom stereocenters. The number of nitrogens with zero attached hydrogens (tertiary/aromatic N) is 1. The minimum atomic E-state index is 0. The third-order valence-corrected chi connectivity index (χ3v) is 3.21. The lowest BCUT2D eigenvalue weighted by Crippen LogP contribution is -2.39. The van der Waals surface area contributed by atoms with Crippen molar-refractivity contribution in [1.29, 1.82) is 0 Å². The van der Waals surface area contributed by atoms with Crippen LogP contribution >= 0.6 is 35.6 Å². The zero-order valence-electron chi connectivity index (χ0n) is 14.0. The van der Waals surface area contributed by atoms with Crippen molar-refractivity contribution in [1.82, 2.24) is 10.6 Å². The van der Waals surface area contributed by atoms with Crippen LogP contribution in [0.15, 0.2) is 23.2 Å². The number of aryl methyl sites for hydroxylation is 1. The van der Waals surface area contributed by atoms with Gasteiger partial charge in [-0.15, -0.1) is 24.0 Å². The van der Waals surface area contributed by atoms with Gasteiger partial charge >= 0.3 is 0 Å². The molecule has 0 radical (unpaired) electrons. The van der Waals surface area contributed by atoms with Gasteiger partial charge in [0.05, 0.1) is 13.2 Å². The first-order valence-corrected chi connectivity index (χ1v) is 7.96. The van der Waals surface area contributed by atoms with Gasteiger partial charge in [0, 0.05) is 31.8 Å². The largest absolute Gasteiger partial charge is 0.493 e. The Kier molecular flexibility index (Phi) is 13.3. The van der Waals surface area contributed by atoms with E-state index in [0.29, 0.717) is 13.2 Å². The summed E-state index contributed by atoms with van der Waals surface area (Å²) in [6.45, 7) is 7.56. The van der Waals surface area contributed by atoms with Gasteiger partial charge in [0.25, 0.3) is 0 Å². The smallest absolute Gasteiger partial charge is 0.191 e. The molecule has 0 aliphatic rings. The fraction of sp³-hybridized carbons (Fsp3) is 0.562. The molecule has 0 aromatic heterocycles. The molecule has 7 heteroatoms. The van der Waals surface area contributed by atoms with E-state index in [0.717, 1.165) is 48.4 Å². The zero-order chi connectivity index (χ0) is 16.2. The molecule has 0 saturated carbocycles. The summed E-state index contributed by atoms with van der Waals surface area (Å²) in [6, 6.07) is 5.64. The quantitative estimate of drug-likeness (QED) is 0.260. The van der Waals surface area contributed by atoms with E-state index in [-0.39, 0.29) is 24.0 Å². The fourth-order valence-corrected chi connectivity index (χ4v) is 2.07. The molecule has 1 aromatic carbocycles. The van der Waals surface area contributed by atoms with Crippen LogP contribution in [0.4, 0.5) is 0 Å². The fourth-order valence-electron chi connectivity index (χ4n) is 1.84. The Morgan fingerprint density at radius 2 is 1.96 bits per heavy atom. The molecule has 1 aromatic rings. The maximum atomic E-state index is 5.92. The number of benzene rings is 1. The highest BCUT2D eigenvalue weighted by atomic mass is 127. The van der Waals surface area contributed by atoms with Gasteiger partial charge in [-0.05, 0) is 44.0 Å². The van der Waals surface area contributed by atoms with E-state index in [4.69, 9.17) is 21.1 Å². The van der Waals surface area contributed by atoms with Crippen molar-refractivity contribution in [2.75, 3.05) is 40.0 Å². The molecule has 1 rings (SSSR count). The Hall–Kier alpha value is -0.730. The van der Waals surface area contributed by atoms with E-state index in [1.165, 1.54) is 0 Å². The van der Waals surface area contributed by atoms with Crippen molar-refractivity contribution >= 4 is 41.5 Å². The first kappa shape index (κ1) is 22.3. The molecule has 0 aliphatic carbocycles. The number of hydrogen-bond donors (Lipinski definition) is 2. The van der Waals surface area contributed by atoms with Crippen molar-refractivity contribution in [3.05, 3.63) is 28.8 Å². The van der Waals surface area contributed by atoms with Gasteiger partial charge < -0.3 is 20.1 Å². The normalized spacial score (nSPS) is 10.9. The van der Waals surface area contributed by atoms with Crippen molar-refractivity contribution in [3.8, 4) is 5.75 Å². The van der Waals surface area contributed by atoms with Gasteiger partial charge in [-0.3, -0.25) is 4.99 Å². The number of ether oxygens (including phenoxy) is 2. The number of hydrogen-bond acceptors (Lipinski definition) is 3. The van der Waals surface area contributed by atoms with Crippen molar-refractivity contribution in [3.63, 3.8) is 0 Å². The number of nitrogens with one attached hydrogen (secondary N) is 2. The van der Waals surface area contributed by atoms with Crippen LogP contribution in [-0.4, -0.2) is 45.9 Å². The highest BCUT2D eigenvalue weighted by molar-refractivity contribution is 14.0. The van der Waals surface area contributed by atoms with E-state index in [2.05, 4.69) is 15.6 Å². The van der Waals surface area contributed by atoms with Crippen LogP contribution in [0.25, 0.3) is 0 Å². The van der Waals surface area contributed by atoms with Gasteiger partial charge in [0.15, 0.2) is 5.96 Å². The molecule has 0 bridgehead atoms. The topological polar surface area (TPSA) is 54.9 Å². The second-order valence-corrected chi connectivity index (χ2v) is 5.17. The molecule has 23 heavy (non-hydrogen) atoms. The Balaban J connectivity index is 0.00000484. The maximum Gasteiger partial charge on any atom is 0.191 e. The summed E-state index contributed by atoms with van der Waals surface area (Å²) in [5.41, 5.74) is 1.05. The second kappa shape index (κ2) is 13.7. The zero-order valence-corrected chi connectivity index (χ0v) is 17.1. The lowest BCUT2D eigenvalue weighted by Gasteiger charge is -2.13. The molecular weight excluding hydrogens is 429 g/mol. The summed E-state index contributed by atoms with van der Waals surface area (Å²) in [7, 11) is 1.75. The van der Waals surface area contributed by atoms with Crippen LogP contribution in [0.1, 0.15) is 18.9 Å². The van der Waals surface area contributed by atoms with E-state index in [1.54, 1.807) is 7.05 Å². The van der Waals surface area contributed by atoms with E-state index in [9.17, 15) is 0 Å². The average Bonchev–Trinajstić information content (AvgIpc) is 2.51. The number of rotatable bonds is 9. The Morgan fingerprint density at radius 3 is 2.61 bits per heavy atom. The summed E-state index contributed by atoms with van der Waals surface area (Å²) in [5, 5.41) is 7.16. The Morgan fingerprint density at radius 1 is 1.22 bits per heavy atom. The molecule has 5 nitrogen and oxygen atoms in total. The molecule has 0 fully saturated rings. The predicted octanol–water partition coefficient (Wildman–Crippen LogP) is 3.24. The average molecular weight is 456 g/mol. The van der Waals surface area contributed by atoms with Crippen LogP contribution < -0.4 is 15.4 Å². The monoisotopic (exact) mass is 455 g/mol. The van der Waals surface area contributed by atoms with Crippen LogP contribution in [0, 0.1) is 6.92 Å². The van der Waals surface area contributed by atoms with Gasteiger partial charge in [-0.1, -0.05) is 11.6 Å². The lowest BCUT2D eigenvalue weighted by molar-refractivity contribution is 0.152. The third kappa shape index (κ3) is 9.88. The van der Waals surface area contributed by atoms with Crippen molar-refractivity contribution in [2.24, 2.45) is 4.99 Å². The highest BCUT2D eigenvalue weighted by Crippen LogP contribution is 2.21. The summed E-state index contributed by atoms with van der Waals surface area (Å²) in [4.78, 5) is 4.15. The van der Waals surface area contributed by atoms with Gasteiger partial charge in [-0.25, -0.2) is 0 Å². The second-order valence-electron chi connectivity index (χ2n) is 4.73. The number of guanidine groups is 1. The lowest BCUT2D eigenvalue weighted by atomic mass is 10.2. The molecule has 0 heterocycles. The van der Waals surface area contributed by atoms with Crippen LogP contribution in [0.5, 0.6) is 5.75 Å². The summed E-state index contributed by atoms with van der Waals surface area (Å²) in [5.74, 6) is 1.66. The summed E-state index contributed by atoms with van der Waals surface area (Å²) < 4.78 is 11.0. The number of halogens is 2. The van der Waals surface area contributed by atoms with E-state index >= 15 is 0 Å². The first-order valence-electron chi connectivity index (χ1n) is 7.58. The molecule has 0 spiro atoms. The summed E-state index contributed by atoms with van der Waals surface area (Å²) >= 11 is 5.92. The predicted molar refractivity (Wildman–Crippen MR) is 108 cm³/mol. The molecule has 0 atom stereocenters. The molecule has 0 aliphatic heterocycles. The third-order valence-electron chi connectivity index (χ3n) is 2.97. The maximum absolute atomic E-state index is 5.92. The van der Waals surface area contributed by atoms with Crippen molar-refractivity contribution < 1.29 is 9.47 Å². The SMILES string of the molecule is CCOCCNC(=NC)NCCCOc1ccc(Cl)cc1C.I. The van der Waals surface area contributed by atoms with E-state index in [1.807, 2.05) is 32.0 Å². The van der Waals surface area contributed by atoms with Crippen LogP contribution in [0.2, 0.25) is 5.02 Å². The standard InChI is InChI=1S/C16H26ClN3O2.HI/c1-4-21-11-9-20-16(18-3)19-8-5-10-22-15-7-6-14(17)12-13(15)2;/h6-7,12H,4-5,8-11H2,1-3H3,(H2,18,19,20);1H. The van der Waals surface area contributed by atoms with Gasteiger partial charge in [0.1, 0.15) is 5.75 Å². The minimum absolute atomic E-state index is 0. The van der Waals surface area contributed by atoms with Crippen molar-refractivity contribution in [2.45, 2.75) is 20.3 Å². The minimum Gasteiger partial charge on any atom is -0.493 e.